The molecule has 0 saturated carbocycles. The molecule has 1 amide bonds. The zero-order chi connectivity index (χ0) is 17.5. The molecule has 1 heterocycles. The number of ether oxygens (including phenoxy) is 2. The van der Waals surface area contributed by atoms with Gasteiger partial charge in [0.1, 0.15) is 18.1 Å². The highest BCUT2D eigenvalue weighted by atomic mass is 16.5. The average molecular weight is 340 g/mol. The Morgan fingerprint density at radius 3 is 2.68 bits per heavy atom. The lowest BCUT2D eigenvalue weighted by Gasteiger charge is -2.19. The maximum absolute atomic E-state index is 12.0. The number of rotatable bonds is 8. The molecule has 0 saturated heterocycles. The van der Waals surface area contributed by atoms with Crippen molar-refractivity contribution in [1.29, 1.82) is 0 Å². The standard InChI is InChI=1S/C20H24N2O3/c1-24-17-6-8-18(9-7-17)25-15-12-21-20(23)11-14-22-13-10-16-4-2-3-5-19(16)22/h2-9H,10-15H2,1H3,(H,21,23). The van der Waals surface area contributed by atoms with Crippen LogP contribution in [0, 0.1) is 0 Å². The summed E-state index contributed by atoms with van der Waals surface area (Å²) in [6.45, 7) is 2.70. The number of nitrogens with zero attached hydrogens (tertiary/aromatic N) is 1. The highest BCUT2D eigenvalue weighted by Gasteiger charge is 2.18. The summed E-state index contributed by atoms with van der Waals surface area (Å²) in [6.07, 6.45) is 1.56. The van der Waals surface area contributed by atoms with Gasteiger partial charge in [0.25, 0.3) is 0 Å². The first-order chi connectivity index (χ1) is 12.3. The second kappa shape index (κ2) is 8.42. The molecule has 0 atom stereocenters. The van der Waals surface area contributed by atoms with Crippen LogP contribution in [0.4, 0.5) is 5.69 Å². The number of hydrogen-bond donors (Lipinski definition) is 1. The van der Waals surface area contributed by atoms with Crippen molar-refractivity contribution in [2.24, 2.45) is 0 Å². The Balaban J connectivity index is 1.33. The van der Waals surface area contributed by atoms with E-state index in [2.05, 4.69) is 28.4 Å². The molecule has 0 aromatic heterocycles. The lowest BCUT2D eigenvalue weighted by atomic mass is 10.2. The Kier molecular flexibility index (Phi) is 5.77. The summed E-state index contributed by atoms with van der Waals surface area (Å²) in [5.41, 5.74) is 2.63. The zero-order valence-electron chi connectivity index (χ0n) is 14.5. The number of carbonyl (C=O) groups excluding carboxylic acids is 1. The summed E-state index contributed by atoms with van der Waals surface area (Å²) in [5, 5.41) is 2.91. The number of carbonyl (C=O) groups is 1. The number of hydrogen-bond acceptors (Lipinski definition) is 4. The molecule has 1 N–H and O–H groups in total. The summed E-state index contributed by atoms with van der Waals surface area (Å²) < 4.78 is 10.7. The van der Waals surface area contributed by atoms with Crippen LogP contribution in [0.15, 0.2) is 48.5 Å². The van der Waals surface area contributed by atoms with Crippen molar-refractivity contribution in [2.75, 3.05) is 38.3 Å². The Morgan fingerprint density at radius 1 is 1.12 bits per heavy atom. The number of benzene rings is 2. The van der Waals surface area contributed by atoms with Gasteiger partial charge in [0, 0.05) is 25.2 Å². The zero-order valence-corrected chi connectivity index (χ0v) is 14.5. The lowest BCUT2D eigenvalue weighted by Crippen LogP contribution is -2.32. The fraction of sp³-hybridized carbons (Fsp3) is 0.350. The topological polar surface area (TPSA) is 50.8 Å². The van der Waals surface area contributed by atoms with E-state index < -0.39 is 0 Å². The van der Waals surface area contributed by atoms with E-state index in [1.807, 2.05) is 30.3 Å². The second-order valence-corrected chi connectivity index (χ2v) is 5.99. The van der Waals surface area contributed by atoms with E-state index in [0.717, 1.165) is 31.0 Å². The number of anilines is 1. The van der Waals surface area contributed by atoms with Crippen LogP contribution in [0.2, 0.25) is 0 Å². The molecule has 2 aromatic carbocycles. The molecule has 0 aliphatic carbocycles. The van der Waals surface area contributed by atoms with Crippen LogP contribution in [0.25, 0.3) is 0 Å². The van der Waals surface area contributed by atoms with Gasteiger partial charge in [-0.2, -0.15) is 0 Å². The maximum Gasteiger partial charge on any atom is 0.221 e. The van der Waals surface area contributed by atoms with Gasteiger partial charge in [-0.25, -0.2) is 0 Å². The lowest BCUT2D eigenvalue weighted by molar-refractivity contribution is -0.121. The number of amides is 1. The fourth-order valence-electron chi connectivity index (χ4n) is 3.00. The number of para-hydroxylation sites is 1. The first-order valence-electron chi connectivity index (χ1n) is 8.62. The number of fused-ring (bicyclic) bond motifs is 1. The van der Waals surface area contributed by atoms with E-state index in [1.54, 1.807) is 7.11 Å². The highest BCUT2D eigenvalue weighted by molar-refractivity contribution is 5.76. The van der Waals surface area contributed by atoms with Gasteiger partial charge in [0.15, 0.2) is 0 Å². The predicted octanol–water partition coefficient (Wildman–Crippen LogP) is 2.64. The van der Waals surface area contributed by atoms with E-state index >= 15 is 0 Å². The Morgan fingerprint density at radius 2 is 1.88 bits per heavy atom. The van der Waals surface area contributed by atoms with E-state index in [9.17, 15) is 4.79 Å². The molecular weight excluding hydrogens is 316 g/mol. The second-order valence-electron chi connectivity index (χ2n) is 5.99. The fourth-order valence-corrected chi connectivity index (χ4v) is 3.00. The van der Waals surface area contributed by atoms with Crippen LogP contribution < -0.4 is 19.7 Å². The quantitative estimate of drug-likeness (QED) is 0.751. The van der Waals surface area contributed by atoms with E-state index in [0.29, 0.717) is 19.6 Å². The van der Waals surface area contributed by atoms with Crippen LogP contribution in [0.1, 0.15) is 12.0 Å². The van der Waals surface area contributed by atoms with Crippen LogP contribution >= 0.6 is 0 Å². The SMILES string of the molecule is COc1ccc(OCCNC(=O)CCN2CCc3ccccc32)cc1. The molecule has 0 bridgehead atoms. The molecule has 5 heteroatoms. The smallest absolute Gasteiger partial charge is 0.221 e. The molecule has 5 nitrogen and oxygen atoms in total. The molecule has 1 aliphatic heterocycles. The van der Waals surface area contributed by atoms with Crippen LogP contribution in [0.3, 0.4) is 0 Å². The van der Waals surface area contributed by atoms with Crippen molar-refractivity contribution in [3.63, 3.8) is 0 Å². The molecule has 1 aliphatic rings. The Labute approximate surface area is 148 Å². The predicted molar refractivity (Wildman–Crippen MR) is 98.5 cm³/mol. The first kappa shape index (κ1) is 17.1. The molecule has 0 unspecified atom stereocenters. The van der Waals surface area contributed by atoms with Gasteiger partial charge in [-0.3, -0.25) is 4.79 Å². The molecule has 0 spiro atoms. The summed E-state index contributed by atoms with van der Waals surface area (Å²) in [5.74, 6) is 1.62. The van der Waals surface area contributed by atoms with Crippen LogP contribution in [-0.4, -0.2) is 39.3 Å². The van der Waals surface area contributed by atoms with Crippen molar-refractivity contribution >= 4 is 11.6 Å². The van der Waals surface area contributed by atoms with Gasteiger partial charge in [-0.05, 0) is 42.3 Å². The third-order valence-electron chi connectivity index (χ3n) is 4.34. The van der Waals surface area contributed by atoms with Crippen molar-refractivity contribution in [3.8, 4) is 11.5 Å². The normalized spacial score (nSPS) is 12.6. The monoisotopic (exact) mass is 340 g/mol. The van der Waals surface area contributed by atoms with Crippen molar-refractivity contribution in [2.45, 2.75) is 12.8 Å². The minimum Gasteiger partial charge on any atom is -0.497 e. The molecule has 3 rings (SSSR count). The van der Waals surface area contributed by atoms with Gasteiger partial charge in [0.05, 0.1) is 13.7 Å². The van der Waals surface area contributed by atoms with Gasteiger partial charge >= 0.3 is 0 Å². The summed E-state index contributed by atoms with van der Waals surface area (Å²) in [7, 11) is 1.63. The van der Waals surface area contributed by atoms with Crippen LogP contribution in [-0.2, 0) is 11.2 Å². The summed E-state index contributed by atoms with van der Waals surface area (Å²) in [6, 6.07) is 15.8. The first-order valence-corrected chi connectivity index (χ1v) is 8.62. The minimum atomic E-state index is 0.0581. The third kappa shape index (κ3) is 4.66. The van der Waals surface area contributed by atoms with Gasteiger partial charge < -0.3 is 19.7 Å². The molecule has 0 radical (unpaired) electrons. The van der Waals surface area contributed by atoms with E-state index in [1.165, 1.54) is 11.3 Å². The molecule has 0 fully saturated rings. The van der Waals surface area contributed by atoms with Crippen molar-refractivity contribution < 1.29 is 14.3 Å². The summed E-state index contributed by atoms with van der Waals surface area (Å²) >= 11 is 0. The number of methoxy groups -OCH3 is 1. The minimum absolute atomic E-state index is 0.0581. The highest BCUT2D eigenvalue weighted by Crippen LogP contribution is 2.27. The van der Waals surface area contributed by atoms with E-state index in [-0.39, 0.29) is 5.91 Å². The number of nitrogens with one attached hydrogen (secondary N) is 1. The van der Waals surface area contributed by atoms with Crippen molar-refractivity contribution in [1.82, 2.24) is 5.32 Å². The van der Waals surface area contributed by atoms with Gasteiger partial charge in [0.2, 0.25) is 5.91 Å². The largest absolute Gasteiger partial charge is 0.497 e. The summed E-state index contributed by atoms with van der Waals surface area (Å²) in [4.78, 5) is 14.3. The van der Waals surface area contributed by atoms with Crippen molar-refractivity contribution in [3.05, 3.63) is 54.1 Å². The van der Waals surface area contributed by atoms with Gasteiger partial charge in [-0.15, -0.1) is 0 Å². The van der Waals surface area contributed by atoms with E-state index in [4.69, 9.17) is 9.47 Å². The van der Waals surface area contributed by atoms with Gasteiger partial charge in [-0.1, -0.05) is 18.2 Å². The molecule has 132 valence electrons. The average Bonchev–Trinajstić information content (AvgIpc) is 3.07. The Hall–Kier alpha value is -2.69. The molecule has 25 heavy (non-hydrogen) atoms. The maximum atomic E-state index is 12.0. The van der Waals surface area contributed by atoms with Crippen LogP contribution in [0.5, 0.6) is 11.5 Å². The molecular formula is C20H24N2O3. The Bertz CT molecular complexity index is 700. The molecule has 2 aromatic rings. The third-order valence-corrected chi connectivity index (χ3v) is 4.34.